The second-order valence-corrected chi connectivity index (χ2v) is 5.33. The summed E-state index contributed by atoms with van der Waals surface area (Å²) in [7, 11) is 0. The molecule has 1 N–H and O–H groups in total. The van der Waals surface area contributed by atoms with Crippen molar-refractivity contribution in [2.45, 2.75) is 18.5 Å². The van der Waals surface area contributed by atoms with Crippen molar-refractivity contribution >= 4 is 5.91 Å². The summed E-state index contributed by atoms with van der Waals surface area (Å²) in [5, 5.41) is 0. The molecule has 7 nitrogen and oxygen atoms in total. The minimum atomic E-state index is -4.54. The number of carbonyl (C=O) groups is 1. The molecular formula is C14H12F3N5O2. The van der Waals surface area contributed by atoms with Gasteiger partial charge in [0.25, 0.3) is 11.5 Å². The van der Waals surface area contributed by atoms with E-state index in [1.165, 1.54) is 4.90 Å². The Morgan fingerprint density at radius 1 is 1.33 bits per heavy atom. The summed E-state index contributed by atoms with van der Waals surface area (Å²) in [6.45, 7) is 0.506. The number of nitrogens with zero attached hydrogens (tertiary/aromatic N) is 4. The number of carbonyl (C=O) groups excluding carboxylic acids is 1. The lowest BCUT2D eigenvalue weighted by Crippen LogP contribution is -2.30. The van der Waals surface area contributed by atoms with Crippen LogP contribution in [0.5, 0.6) is 0 Å². The number of hydrogen-bond acceptors (Lipinski definition) is 5. The molecule has 2 aromatic heterocycles. The molecule has 1 atom stereocenters. The van der Waals surface area contributed by atoms with Crippen LogP contribution in [-0.4, -0.2) is 43.8 Å². The number of likely N-dealkylation sites (tertiary alicyclic amines) is 1. The molecule has 126 valence electrons. The molecular weight excluding hydrogens is 327 g/mol. The van der Waals surface area contributed by atoms with Crippen molar-refractivity contribution in [3.8, 4) is 0 Å². The maximum absolute atomic E-state index is 12.7. The summed E-state index contributed by atoms with van der Waals surface area (Å²) >= 11 is 0. The second kappa shape index (κ2) is 6.02. The predicted molar refractivity (Wildman–Crippen MR) is 75.2 cm³/mol. The zero-order valence-electron chi connectivity index (χ0n) is 12.2. The molecule has 3 heterocycles. The van der Waals surface area contributed by atoms with Crippen LogP contribution in [0.3, 0.4) is 0 Å². The molecule has 1 aliphatic heterocycles. The first-order valence-corrected chi connectivity index (χ1v) is 7.09. The van der Waals surface area contributed by atoms with Crippen LogP contribution in [0.2, 0.25) is 0 Å². The van der Waals surface area contributed by atoms with Gasteiger partial charge in [0, 0.05) is 31.3 Å². The number of amides is 1. The first kappa shape index (κ1) is 16.1. The molecule has 0 spiro atoms. The van der Waals surface area contributed by atoms with Crippen LogP contribution in [0, 0.1) is 0 Å². The van der Waals surface area contributed by atoms with Crippen LogP contribution < -0.4 is 5.56 Å². The van der Waals surface area contributed by atoms with Gasteiger partial charge in [-0.25, -0.2) is 15.0 Å². The lowest BCUT2D eigenvalue weighted by Gasteiger charge is -2.15. The standard InChI is InChI=1S/C14H12F3N5O2/c15-14(16,17)10-1-3-18-12(21-10)8-2-4-22(6-8)13(24)9-5-11(23)20-7-19-9/h1,3,5,7-8H,2,4,6H2,(H,19,20,23)/t8-/m0/s1. The highest BCUT2D eigenvalue weighted by Gasteiger charge is 2.35. The van der Waals surface area contributed by atoms with E-state index in [0.29, 0.717) is 13.0 Å². The van der Waals surface area contributed by atoms with E-state index in [0.717, 1.165) is 24.7 Å². The third-order valence-electron chi connectivity index (χ3n) is 3.70. The van der Waals surface area contributed by atoms with E-state index in [9.17, 15) is 22.8 Å². The first-order chi connectivity index (χ1) is 11.3. The fourth-order valence-electron chi connectivity index (χ4n) is 2.53. The van der Waals surface area contributed by atoms with Crippen LogP contribution >= 0.6 is 0 Å². The van der Waals surface area contributed by atoms with E-state index in [-0.39, 0.29) is 18.1 Å². The molecule has 0 unspecified atom stereocenters. The van der Waals surface area contributed by atoms with E-state index in [1.54, 1.807) is 0 Å². The van der Waals surface area contributed by atoms with Gasteiger partial charge in [-0.05, 0) is 12.5 Å². The number of halogens is 3. The molecule has 0 saturated carbocycles. The number of aromatic nitrogens is 4. The maximum Gasteiger partial charge on any atom is 0.433 e. The molecule has 1 aliphatic rings. The van der Waals surface area contributed by atoms with Crippen molar-refractivity contribution in [3.05, 3.63) is 52.2 Å². The Bertz CT molecular complexity index is 820. The summed E-state index contributed by atoms with van der Waals surface area (Å²) in [5.74, 6) is -0.784. The van der Waals surface area contributed by atoms with Crippen molar-refractivity contribution < 1.29 is 18.0 Å². The molecule has 1 saturated heterocycles. The number of aromatic amines is 1. The molecule has 3 rings (SSSR count). The maximum atomic E-state index is 12.7. The highest BCUT2D eigenvalue weighted by atomic mass is 19.4. The fourth-order valence-corrected chi connectivity index (χ4v) is 2.53. The van der Waals surface area contributed by atoms with Gasteiger partial charge in [0.2, 0.25) is 0 Å². The van der Waals surface area contributed by atoms with Gasteiger partial charge in [-0.1, -0.05) is 0 Å². The highest BCUT2D eigenvalue weighted by Crippen LogP contribution is 2.30. The summed E-state index contributed by atoms with van der Waals surface area (Å²) in [4.78, 5) is 38.5. The van der Waals surface area contributed by atoms with Crippen LogP contribution in [0.25, 0.3) is 0 Å². The number of nitrogens with one attached hydrogen (secondary N) is 1. The zero-order valence-corrected chi connectivity index (χ0v) is 12.2. The Balaban J connectivity index is 1.76. The van der Waals surface area contributed by atoms with E-state index in [2.05, 4.69) is 19.9 Å². The van der Waals surface area contributed by atoms with Crippen molar-refractivity contribution in [2.75, 3.05) is 13.1 Å². The van der Waals surface area contributed by atoms with Crippen molar-refractivity contribution in [1.29, 1.82) is 0 Å². The Morgan fingerprint density at radius 2 is 2.12 bits per heavy atom. The molecule has 0 radical (unpaired) electrons. The third kappa shape index (κ3) is 3.26. The lowest BCUT2D eigenvalue weighted by molar-refractivity contribution is -0.141. The van der Waals surface area contributed by atoms with Gasteiger partial charge in [0.05, 0.1) is 6.33 Å². The van der Waals surface area contributed by atoms with Crippen molar-refractivity contribution in [3.63, 3.8) is 0 Å². The molecule has 1 fully saturated rings. The van der Waals surface area contributed by atoms with Crippen LogP contribution in [0.4, 0.5) is 13.2 Å². The normalized spacial score (nSPS) is 18.0. The highest BCUT2D eigenvalue weighted by molar-refractivity contribution is 5.92. The fraction of sp³-hybridized carbons (Fsp3) is 0.357. The average molecular weight is 339 g/mol. The average Bonchev–Trinajstić information content (AvgIpc) is 3.03. The number of alkyl halides is 3. The Morgan fingerprint density at radius 3 is 2.83 bits per heavy atom. The largest absolute Gasteiger partial charge is 0.433 e. The monoisotopic (exact) mass is 339 g/mol. The van der Waals surface area contributed by atoms with Crippen molar-refractivity contribution in [1.82, 2.24) is 24.8 Å². The van der Waals surface area contributed by atoms with Gasteiger partial charge in [-0.15, -0.1) is 0 Å². The Labute approximate surface area is 133 Å². The molecule has 24 heavy (non-hydrogen) atoms. The van der Waals surface area contributed by atoms with E-state index >= 15 is 0 Å². The van der Waals surface area contributed by atoms with Crippen molar-refractivity contribution in [2.24, 2.45) is 0 Å². The summed E-state index contributed by atoms with van der Waals surface area (Å²) in [6.07, 6.45) is -1.91. The topological polar surface area (TPSA) is 91.8 Å². The number of hydrogen-bond donors (Lipinski definition) is 1. The Kier molecular flexibility index (Phi) is 4.04. The van der Waals surface area contributed by atoms with Crippen LogP contribution in [-0.2, 0) is 6.18 Å². The molecule has 0 aromatic carbocycles. The minimum absolute atomic E-state index is 0.00985. The van der Waals surface area contributed by atoms with Crippen LogP contribution in [0.1, 0.15) is 34.3 Å². The predicted octanol–water partition coefficient (Wildman–Crippen LogP) is 1.21. The third-order valence-corrected chi connectivity index (χ3v) is 3.70. The summed E-state index contributed by atoms with van der Waals surface area (Å²) in [6, 6.07) is 1.89. The molecule has 0 bridgehead atoms. The van der Waals surface area contributed by atoms with Gasteiger partial charge >= 0.3 is 6.18 Å². The molecule has 10 heteroatoms. The lowest BCUT2D eigenvalue weighted by atomic mass is 10.1. The SMILES string of the molecule is O=C(c1cc(=O)[nH]cn1)N1CC[C@H](c2nccc(C(F)(F)F)n2)C1. The van der Waals surface area contributed by atoms with Gasteiger partial charge in [-0.2, -0.15) is 13.2 Å². The van der Waals surface area contributed by atoms with Gasteiger partial charge in [0.1, 0.15) is 17.2 Å². The van der Waals surface area contributed by atoms with E-state index in [4.69, 9.17) is 0 Å². The second-order valence-electron chi connectivity index (χ2n) is 5.33. The van der Waals surface area contributed by atoms with Gasteiger partial charge in [-0.3, -0.25) is 9.59 Å². The quantitative estimate of drug-likeness (QED) is 0.888. The van der Waals surface area contributed by atoms with E-state index < -0.39 is 29.3 Å². The summed E-state index contributed by atoms with van der Waals surface area (Å²) < 4.78 is 38.2. The molecule has 0 aliphatic carbocycles. The first-order valence-electron chi connectivity index (χ1n) is 7.09. The smallest absolute Gasteiger partial charge is 0.337 e. The molecule has 2 aromatic rings. The van der Waals surface area contributed by atoms with Crippen LogP contribution in [0.15, 0.2) is 29.5 Å². The number of H-pyrrole nitrogens is 1. The van der Waals surface area contributed by atoms with Gasteiger partial charge < -0.3 is 9.88 Å². The Hall–Kier alpha value is -2.78. The van der Waals surface area contributed by atoms with E-state index in [1.807, 2.05) is 0 Å². The zero-order chi connectivity index (χ0) is 17.3. The number of rotatable bonds is 2. The molecule has 1 amide bonds. The minimum Gasteiger partial charge on any atom is -0.337 e. The summed E-state index contributed by atoms with van der Waals surface area (Å²) in [5.41, 5.74) is -1.47. The van der Waals surface area contributed by atoms with Gasteiger partial charge in [0.15, 0.2) is 0 Å².